The van der Waals surface area contributed by atoms with E-state index in [0.29, 0.717) is 30.6 Å². The zero-order valence-electron chi connectivity index (χ0n) is 11.5. The molecule has 1 aromatic carbocycles. The maximum Gasteiger partial charge on any atom is 0.416 e. The predicted molar refractivity (Wildman–Crippen MR) is 70.0 cm³/mol. The number of hydrogen-bond acceptors (Lipinski definition) is 3. The highest BCUT2D eigenvalue weighted by atomic mass is 19.4. The topological polar surface area (TPSA) is 35.5 Å². The number of carbonyl (C=O) groups excluding carboxylic acids is 1. The molecule has 2 rings (SSSR count). The summed E-state index contributed by atoms with van der Waals surface area (Å²) in [5.41, 5.74) is -0.355. The summed E-state index contributed by atoms with van der Waals surface area (Å²) < 4.78 is 49.3. The van der Waals surface area contributed by atoms with Crippen molar-refractivity contribution in [2.24, 2.45) is 0 Å². The summed E-state index contributed by atoms with van der Waals surface area (Å²) in [7, 11) is 0. The van der Waals surface area contributed by atoms with Gasteiger partial charge in [0.15, 0.2) is 6.29 Å². The van der Waals surface area contributed by atoms with Crippen molar-refractivity contribution in [2.75, 3.05) is 6.61 Å². The van der Waals surface area contributed by atoms with Gasteiger partial charge in [-0.15, -0.1) is 0 Å². The molecule has 1 aliphatic rings. The summed E-state index contributed by atoms with van der Waals surface area (Å²) in [6.07, 6.45) is -1.13. The molecule has 0 radical (unpaired) electrons. The second kappa shape index (κ2) is 6.93. The van der Waals surface area contributed by atoms with E-state index in [-0.39, 0.29) is 12.8 Å². The molecule has 1 aromatic rings. The largest absolute Gasteiger partial charge is 0.465 e. The van der Waals surface area contributed by atoms with Crippen LogP contribution >= 0.6 is 0 Å². The van der Waals surface area contributed by atoms with Crippen molar-refractivity contribution in [3.05, 3.63) is 29.3 Å². The lowest BCUT2D eigenvalue weighted by Crippen LogP contribution is -2.25. The van der Waals surface area contributed by atoms with Crippen LogP contribution in [-0.4, -0.2) is 19.2 Å². The number of benzene rings is 1. The summed E-state index contributed by atoms with van der Waals surface area (Å²) in [5, 5.41) is 0. The molecular weight excluding hydrogens is 285 g/mol. The van der Waals surface area contributed by atoms with Gasteiger partial charge in [-0.1, -0.05) is 0 Å². The van der Waals surface area contributed by atoms with Crippen molar-refractivity contribution in [3.63, 3.8) is 0 Å². The molecule has 1 saturated heterocycles. The first kappa shape index (κ1) is 15.8. The maximum atomic E-state index is 12.7. The minimum Gasteiger partial charge on any atom is -0.465 e. The Balaban J connectivity index is 2.19. The van der Waals surface area contributed by atoms with E-state index in [1.165, 1.54) is 6.07 Å². The molecule has 1 fully saturated rings. The molecule has 116 valence electrons. The molecule has 6 heteroatoms. The lowest BCUT2D eigenvalue weighted by atomic mass is 10.0. The van der Waals surface area contributed by atoms with Crippen molar-refractivity contribution >= 4 is 6.29 Å². The summed E-state index contributed by atoms with van der Waals surface area (Å²) in [6, 6.07) is 3.34. The number of alkyl halides is 3. The number of rotatable bonds is 5. The van der Waals surface area contributed by atoms with E-state index in [0.717, 1.165) is 25.0 Å². The highest BCUT2D eigenvalue weighted by molar-refractivity contribution is 5.51. The Morgan fingerprint density at radius 1 is 1.33 bits per heavy atom. The van der Waals surface area contributed by atoms with Crippen molar-refractivity contribution in [2.45, 2.75) is 44.6 Å². The van der Waals surface area contributed by atoms with Crippen LogP contribution in [0, 0.1) is 0 Å². The maximum absolute atomic E-state index is 12.7. The Morgan fingerprint density at radius 3 is 2.76 bits per heavy atom. The zero-order valence-corrected chi connectivity index (χ0v) is 11.5. The van der Waals surface area contributed by atoms with Crippen LogP contribution in [0.2, 0.25) is 0 Å². The van der Waals surface area contributed by atoms with Crippen molar-refractivity contribution in [1.82, 2.24) is 0 Å². The molecule has 0 amide bonds. The molecule has 21 heavy (non-hydrogen) atoms. The summed E-state index contributed by atoms with van der Waals surface area (Å²) in [4.78, 5) is 10.5. The number of hydrogen-bond donors (Lipinski definition) is 0. The number of aryl methyl sites for hydroxylation is 1. The quantitative estimate of drug-likeness (QED) is 0.777. The Morgan fingerprint density at radius 2 is 2.14 bits per heavy atom. The minimum atomic E-state index is -4.41. The van der Waals surface area contributed by atoms with Gasteiger partial charge in [0.1, 0.15) is 12.0 Å². The Labute approximate surface area is 121 Å². The van der Waals surface area contributed by atoms with E-state index >= 15 is 0 Å². The van der Waals surface area contributed by atoms with Crippen LogP contribution < -0.4 is 4.74 Å². The van der Waals surface area contributed by atoms with Crippen molar-refractivity contribution in [3.8, 4) is 5.75 Å². The molecule has 0 aromatic heterocycles. The normalized spacial score (nSPS) is 19.3. The van der Waals surface area contributed by atoms with Gasteiger partial charge in [-0.05, 0) is 43.0 Å². The first-order valence-corrected chi connectivity index (χ1v) is 6.92. The lowest BCUT2D eigenvalue weighted by molar-refractivity contribution is -0.137. The van der Waals surface area contributed by atoms with Gasteiger partial charge in [-0.3, -0.25) is 0 Å². The van der Waals surface area contributed by atoms with E-state index in [4.69, 9.17) is 9.47 Å². The number of carbonyl (C=O) groups is 1. The first-order chi connectivity index (χ1) is 10.0. The Hall–Kier alpha value is -1.56. The van der Waals surface area contributed by atoms with Gasteiger partial charge in [0.2, 0.25) is 0 Å². The third kappa shape index (κ3) is 4.46. The van der Waals surface area contributed by atoms with Gasteiger partial charge in [0.25, 0.3) is 0 Å². The molecular formula is C15H17F3O3. The molecule has 0 spiro atoms. The fourth-order valence-corrected chi connectivity index (χ4v) is 2.23. The van der Waals surface area contributed by atoms with Crippen LogP contribution in [0.4, 0.5) is 13.2 Å². The second-order valence-electron chi connectivity index (χ2n) is 4.94. The molecule has 3 nitrogen and oxygen atoms in total. The van der Waals surface area contributed by atoms with Crippen LogP contribution in [0.15, 0.2) is 18.2 Å². The molecule has 0 bridgehead atoms. The van der Waals surface area contributed by atoms with Crippen molar-refractivity contribution < 1.29 is 27.4 Å². The first-order valence-electron chi connectivity index (χ1n) is 6.92. The zero-order chi connectivity index (χ0) is 15.3. The molecule has 0 saturated carbocycles. The average Bonchev–Trinajstić information content (AvgIpc) is 2.46. The lowest BCUT2D eigenvalue weighted by Gasteiger charge is -2.25. The molecule has 0 unspecified atom stereocenters. The van der Waals surface area contributed by atoms with Gasteiger partial charge in [-0.25, -0.2) is 0 Å². The average molecular weight is 302 g/mol. The third-order valence-corrected chi connectivity index (χ3v) is 3.32. The van der Waals surface area contributed by atoms with Crippen LogP contribution in [0.5, 0.6) is 5.75 Å². The van der Waals surface area contributed by atoms with Crippen LogP contribution in [0.1, 0.15) is 36.8 Å². The third-order valence-electron chi connectivity index (χ3n) is 3.32. The highest BCUT2D eigenvalue weighted by Crippen LogP contribution is 2.33. The van der Waals surface area contributed by atoms with Gasteiger partial charge < -0.3 is 14.3 Å². The Bertz CT molecular complexity index is 480. The molecule has 1 aliphatic heterocycles. The van der Waals surface area contributed by atoms with E-state index in [1.807, 2.05) is 0 Å². The van der Waals surface area contributed by atoms with Crippen molar-refractivity contribution in [1.29, 1.82) is 0 Å². The van der Waals surface area contributed by atoms with Crippen LogP contribution in [0.3, 0.4) is 0 Å². The van der Waals surface area contributed by atoms with E-state index in [1.54, 1.807) is 0 Å². The molecule has 1 atom stereocenters. The fraction of sp³-hybridized carbons (Fsp3) is 0.533. The van der Waals surface area contributed by atoms with Crippen LogP contribution in [-0.2, 0) is 22.1 Å². The van der Waals surface area contributed by atoms with Gasteiger partial charge in [0.05, 0.1) is 12.2 Å². The van der Waals surface area contributed by atoms with E-state index < -0.39 is 18.0 Å². The number of aldehydes is 1. The van der Waals surface area contributed by atoms with Gasteiger partial charge >= 0.3 is 6.18 Å². The standard InChI is InChI=1S/C15H17F3O3/c16-15(17,18)12-6-7-13(11(10-12)4-3-8-19)21-14-5-1-2-9-20-14/h6-8,10,14H,1-5,9H2/t14-/m0/s1. The fourth-order valence-electron chi connectivity index (χ4n) is 2.23. The van der Waals surface area contributed by atoms with E-state index in [2.05, 4.69) is 0 Å². The smallest absolute Gasteiger partial charge is 0.416 e. The van der Waals surface area contributed by atoms with E-state index in [9.17, 15) is 18.0 Å². The summed E-state index contributed by atoms with van der Waals surface area (Å²) in [6.45, 7) is 0.592. The molecule has 1 heterocycles. The number of ether oxygens (including phenoxy) is 2. The minimum absolute atomic E-state index is 0.156. The summed E-state index contributed by atoms with van der Waals surface area (Å²) >= 11 is 0. The molecule has 0 N–H and O–H groups in total. The van der Waals surface area contributed by atoms with Gasteiger partial charge in [0, 0.05) is 12.8 Å². The Kier molecular flexibility index (Phi) is 5.22. The van der Waals surface area contributed by atoms with Gasteiger partial charge in [-0.2, -0.15) is 13.2 Å². The molecule has 0 aliphatic carbocycles. The van der Waals surface area contributed by atoms with Crippen LogP contribution in [0.25, 0.3) is 0 Å². The predicted octanol–water partition coefficient (Wildman–Crippen LogP) is 3.74. The monoisotopic (exact) mass is 302 g/mol. The SMILES string of the molecule is O=CCCc1cc(C(F)(F)F)ccc1O[C@H]1CCCCO1. The number of halogens is 3. The highest BCUT2D eigenvalue weighted by Gasteiger charge is 2.31. The summed E-state index contributed by atoms with van der Waals surface area (Å²) in [5.74, 6) is 0.358. The second-order valence-corrected chi connectivity index (χ2v) is 4.94.